The van der Waals surface area contributed by atoms with Crippen LogP contribution in [0.25, 0.3) is 0 Å². The van der Waals surface area contributed by atoms with Crippen LogP contribution in [0.3, 0.4) is 0 Å². The van der Waals surface area contributed by atoms with E-state index in [-0.39, 0.29) is 5.78 Å². The number of Topliss-reactive ketones (excluding diaryl/α,β-unsaturated/α-hetero) is 1. The van der Waals surface area contributed by atoms with E-state index in [2.05, 4.69) is 9.97 Å². The van der Waals surface area contributed by atoms with Gasteiger partial charge in [-0.25, -0.2) is 4.98 Å². The number of nitrogens with one attached hydrogen (secondary N) is 1. The fourth-order valence-electron chi connectivity index (χ4n) is 0.544. The van der Waals surface area contributed by atoms with Gasteiger partial charge in [-0.15, -0.1) is 0 Å². The van der Waals surface area contributed by atoms with Gasteiger partial charge in [0.25, 0.3) is 0 Å². The minimum absolute atomic E-state index is 0.167. The van der Waals surface area contributed by atoms with E-state index in [0.717, 1.165) is 11.5 Å². The lowest BCUT2D eigenvalue weighted by molar-refractivity contribution is -0.114. The van der Waals surface area contributed by atoms with Gasteiger partial charge in [-0.2, -0.15) is 0 Å². The lowest BCUT2D eigenvalue weighted by Gasteiger charge is -1.74. The molecule has 3 nitrogen and oxygen atoms in total. The van der Waals surface area contributed by atoms with E-state index in [0.29, 0.717) is 0 Å². The number of aryl methyl sites for hydroxylation is 2. The van der Waals surface area contributed by atoms with Crippen LogP contribution in [0, 0.1) is 13.8 Å². The topological polar surface area (TPSA) is 45.8 Å². The monoisotopic (exact) mass is 154 g/mol. The summed E-state index contributed by atoms with van der Waals surface area (Å²) in [6.45, 7) is 6.98. The number of ketones is 1. The first kappa shape index (κ1) is 9.88. The summed E-state index contributed by atoms with van der Waals surface area (Å²) in [6, 6.07) is 0. The summed E-state index contributed by atoms with van der Waals surface area (Å²) >= 11 is 0. The Morgan fingerprint density at radius 1 is 1.45 bits per heavy atom. The molecule has 0 fully saturated rings. The number of aromatic amines is 1. The van der Waals surface area contributed by atoms with Crippen molar-refractivity contribution in [2.75, 3.05) is 0 Å². The lowest BCUT2D eigenvalue weighted by atomic mass is 10.6. The molecular formula is C8H14N2O. The van der Waals surface area contributed by atoms with Crippen LogP contribution >= 0.6 is 0 Å². The minimum Gasteiger partial charge on any atom is -0.346 e. The predicted octanol–water partition coefficient (Wildman–Crippen LogP) is 1.62. The number of H-pyrrole nitrogens is 1. The van der Waals surface area contributed by atoms with Crippen molar-refractivity contribution in [3.63, 3.8) is 0 Å². The normalized spacial score (nSPS) is 8.36. The standard InChI is InChI=1S/C5H8N2.C3H6O/c1-4-3-6-5(2)7-4;1-3(2)4/h3H,1-2H3,(H,6,7);1-2H3. The van der Waals surface area contributed by atoms with Crippen LogP contribution in [0.15, 0.2) is 6.20 Å². The number of carbonyl (C=O) groups excluding carboxylic acids is 1. The molecule has 0 atom stereocenters. The van der Waals surface area contributed by atoms with Gasteiger partial charge in [-0.3, -0.25) is 0 Å². The molecule has 1 N–H and O–H groups in total. The summed E-state index contributed by atoms with van der Waals surface area (Å²) in [5, 5.41) is 0. The number of carbonyl (C=O) groups is 1. The molecule has 0 bridgehead atoms. The number of hydrogen-bond acceptors (Lipinski definition) is 2. The number of hydrogen-bond donors (Lipinski definition) is 1. The summed E-state index contributed by atoms with van der Waals surface area (Å²) in [4.78, 5) is 16.4. The van der Waals surface area contributed by atoms with Crippen molar-refractivity contribution in [1.82, 2.24) is 9.97 Å². The Labute approximate surface area is 66.9 Å². The maximum Gasteiger partial charge on any atom is 0.126 e. The molecule has 11 heavy (non-hydrogen) atoms. The second kappa shape index (κ2) is 4.66. The van der Waals surface area contributed by atoms with E-state index < -0.39 is 0 Å². The van der Waals surface area contributed by atoms with E-state index in [1.54, 1.807) is 0 Å². The first-order valence-electron chi connectivity index (χ1n) is 3.47. The number of nitrogens with zero attached hydrogens (tertiary/aromatic N) is 1. The Kier molecular flexibility index (Phi) is 4.18. The minimum atomic E-state index is 0.167. The predicted molar refractivity (Wildman–Crippen MR) is 44.4 cm³/mol. The Morgan fingerprint density at radius 3 is 2.00 bits per heavy atom. The highest BCUT2D eigenvalue weighted by atomic mass is 16.1. The fraction of sp³-hybridized carbons (Fsp3) is 0.500. The van der Waals surface area contributed by atoms with Crippen molar-refractivity contribution < 1.29 is 4.79 Å². The van der Waals surface area contributed by atoms with Crippen molar-refractivity contribution in [3.05, 3.63) is 17.7 Å². The molecule has 3 heteroatoms. The molecule has 0 aromatic carbocycles. The maximum atomic E-state index is 9.44. The van der Waals surface area contributed by atoms with Crippen LogP contribution in [0.5, 0.6) is 0 Å². The van der Waals surface area contributed by atoms with Crippen LogP contribution in [0.1, 0.15) is 25.4 Å². The van der Waals surface area contributed by atoms with Crippen molar-refractivity contribution in [3.8, 4) is 0 Å². The van der Waals surface area contributed by atoms with E-state index in [1.165, 1.54) is 13.8 Å². The zero-order chi connectivity index (χ0) is 8.85. The third kappa shape index (κ3) is 6.77. The summed E-state index contributed by atoms with van der Waals surface area (Å²) in [5.41, 5.74) is 1.12. The van der Waals surface area contributed by atoms with Gasteiger partial charge in [0.15, 0.2) is 0 Å². The number of aromatic nitrogens is 2. The average Bonchev–Trinajstić information content (AvgIpc) is 2.13. The van der Waals surface area contributed by atoms with E-state index in [9.17, 15) is 4.79 Å². The molecule has 0 saturated carbocycles. The molecule has 0 radical (unpaired) electrons. The zero-order valence-corrected chi connectivity index (χ0v) is 7.43. The van der Waals surface area contributed by atoms with Gasteiger partial charge < -0.3 is 9.78 Å². The van der Waals surface area contributed by atoms with E-state index >= 15 is 0 Å². The molecule has 0 unspecified atom stereocenters. The highest BCUT2D eigenvalue weighted by Crippen LogP contribution is 1.89. The third-order valence-corrected chi connectivity index (χ3v) is 0.830. The van der Waals surface area contributed by atoms with Crippen molar-refractivity contribution in [1.29, 1.82) is 0 Å². The second-order valence-electron chi connectivity index (χ2n) is 2.56. The average molecular weight is 154 g/mol. The quantitative estimate of drug-likeness (QED) is 0.617. The van der Waals surface area contributed by atoms with Gasteiger partial charge in [0.1, 0.15) is 11.6 Å². The van der Waals surface area contributed by atoms with Gasteiger partial charge in [-0.05, 0) is 27.7 Å². The van der Waals surface area contributed by atoms with Crippen LogP contribution in [0.4, 0.5) is 0 Å². The van der Waals surface area contributed by atoms with Crippen LogP contribution < -0.4 is 0 Å². The fourth-order valence-corrected chi connectivity index (χ4v) is 0.544. The molecule has 1 aromatic heterocycles. The highest BCUT2D eigenvalue weighted by molar-refractivity contribution is 5.72. The SMILES string of the molecule is CC(C)=O.Cc1cnc(C)[nH]1. The Morgan fingerprint density at radius 2 is 1.91 bits per heavy atom. The van der Waals surface area contributed by atoms with Gasteiger partial charge in [0.05, 0.1) is 0 Å². The molecule has 62 valence electrons. The smallest absolute Gasteiger partial charge is 0.126 e. The lowest BCUT2D eigenvalue weighted by Crippen LogP contribution is -1.70. The second-order valence-corrected chi connectivity index (χ2v) is 2.56. The van der Waals surface area contributed by atoms with E-state index in [1.807, 2.05) is 20.0 Å². The molecule has 1 aromatic rings. The molecule has 1 heterocycles. The van der Waals surface area contributed by atoms with Gasteiger partial charge >= 0.3 is 0 Å². The molecule has 0 amide bonds. The van der Waals surface area contributed by atoms with Crippen LogP contribution in [-0.4, -0.2) is 15.8 Å². The molecule has 0 saturated heterocycles. The van der Waals surface area contributed by atoms with E-state index in [4.69, 9.17) is 0 Å². The largest absolute Gasteiger partial charge is 0.346 e. The first-order valence-corrected chi connectivity index (χ1v) is 3.47. The summed E-state index contributed by atoms with van der Waals surface area (Å²) in [6.07, 6.45) is 1.81. The molecular weight excluding hydrogens is 140 g/mol. The highest BCUT2D eigenvalue weighted by Gasteiger charge is 1.83. The van der Waals surface area contributed by atoms with Crippen molar-refractivity contribution in [2.24, 2.45) is 0 Å². The maximum absolute atomic E-state index is 9.44. The summed E-state index contributed by atoms with van der Waals surface area (Å²) in [5.74, 6) is 1.15. The Hall–Kier alpha value is -1.12. The van der Waals surface area contributed by atoms with Crippen LogP contribution in [0.2, 0.25) is 0 Å². The molecule has 0 spiro atoms. The van der Waals surface area contributed by atoms with Gasteiger partial charge in [-0.1, -0.05) is 0 Å². The van der Waals surface area contributed by atoms with Crippen LogP contribution in [-0.2, 0) is 4.79 Å². The number of rotatable bonds is 0. The Bertz CT molecular complexity index is 207. The summed E-state index contributed by atoms with van der Waals surface area (Å²) in [7, 11) is 0. The molecule has 0 aliphatic carbocycles. The number of imidazole rings is 1. The summed E-state index contributed by atoms with van der Waals surface area (Å²) < 4.78 is 0. The molecule has 1 rings (SSSR count). The zero-order valence-electron chi connectivity index (χ0n) is 7.43. The van der Waals surface area contributed by atoms with Crippen molar-refractivity contribution in [2.45, 2.75) is 27.7 Å². The van der Waals surface area contributed by atoms with Gasteiger partial charge in [0.2, 0.25) is 0 Å². The third-order valence-electron chi connectivity index (χ3n) is 0.830. The molecule has 0 aliphatic rings. The first-order chi connectivity index (χ1) is 5.02. The van der Waals surface area contributed by atoms with Crippen molar-refractivity contribution >= 4 is 5.78 Å². The molecule has 0 aliphatic heterocycles. The van der Waals surface area contributed by atoms with Gasteiger partial charge in [0, 0.05) is 11.9 Å². The Balaban J connectivity index is 0.000000218.